The summed E-state index contributed by atoms with van der Waals surface area (Å²) in [5.41, 5.74) is 3.03. The van der Waals surface area contributed by atoms with Crippen LogP contribution >= 0.6 is 15.9 Å². The average Bonchev–Trinajstić information content (AvgIpc) is 2.47. The highest BCUT2D eigenvalue weighted by Gasteiger charge is 2.11. The van der Waals surface area contributed by atoms with Crippen LogP contribution in [-0.4, -0.2) is 32.1 Å². The Morgan fingerprint density at radius 3 is 2.68 bits per heavy atom. The average molecular weight is 373 g/mol. The summed E-state index contributed by atoms with van der Waals surface area (Å²) in [6.07, 6.45) is 1.82. The Hall–Kier alpha value is -1.76. The van der Waals surface area contributed by atoms with Crippen molar-refractivity contribution < 1.29 is 19.0 Å². The van der Waals surface area contributed by atoms with Crippen LogP contribution in [0.4, 0.5) is 4.79 Å². The molecule has 0 atom stereocenters. The van der Waals surface area contributed by atoms with Gasteiger partial charge in [0.1, 0.15) is 0 Å². The van der Waals surface area contributed by atoms with Crippen molar-refractivity contribution in [2.45, 2.75) is 27.2 Å². The minimum absolute atomic E-state index is 0.296. The number of hydrazone groups is 1. The normalized spacial score (nSPS) is 10.5. The summed E-state index contributed by atoms with van der Waals surface area (Å²) in [6.45, 7) is 7.10. The predicted molar refractivity (Wildman–Crippen MR) is 88.8 cm³/mol. The van der Waals surface area contributed by atoms with Crippen molar-refractivity contribution >= 4 is 28.2 Å². The Labute approximate surface area is 139 Å². The van der Waals surface area contributed by atoms with Crippen LogP contribution in [0.2, 0.25) is 0 Å². The molecule has 0 saturated heterocycles. The molecule has 7 heteroatoms. The molecular formula is C15H21BrN2O4. The lowest BCUT2D eigenvalue weighted by molar-refractivity contribution is 0.152. The molecule has 0 heterocycles. The van der Waals surface area contributed by atoms with Gasteiger partial charge in [-0.3, -0.25) is 0 Å². The molecule has 0 aromatic heterocycles. The summed E-state index contributed by atoms with van der Waals surface area (Å²) < 4.78 is 16.8. The van der Waals surface area contributed by atoms with Crippen LogP contribution in [0.25, 0.3) is 0 Å². The summed E-state index contributed by atoms with van der Waals surface area (Å²) in [5.74, 6) is 1.29. The summed E-state index contributed by atoms with van der Waals surface area (Å²) >= 11 is 3.47. The zero-order valence-electron chi connectivity index (χ0n) is 13.0. The van der Waals surface area contributed by atoms with Gasteiger partial charge in [-0.05, 0) is 53.9 Å². The highest BCUT2D eigenvalue weighted by Crippen LogP contribution is 2.36. The molecule has 1 rings (SSSR count). The fourth-order valence-electron chi connectivity index (χ4n) is 1.59. The molecule has 122 valence electrons. The van der Waals surface area contributed by atoms with Gasteiger partial charge in [-0.1, -0.05) is 6.92 Å². The maximum Gasteiger partial charge on any atom is 0.427 e. The Morgan fingerprint density at radius 2 is 2.05 bits per heavy atom. The molecule has 0 aliphatic heterocycles. The van der Waals surface area contributed by atoms with Crippen LogP contribution in [0.1, 0.15) is 32.8 Å². The number of hydrogen-bond donors (Lipinski definition) is 1. The maximum atomic E-state index is 11.1. The maximum absolute atomic E-state index is 11.1. The van der Waals surface area contributed by atoms with Gasteiger partial charge < -0.3 is 14.2 Å². The second kappa shape index (κ2) is 10.0. The van der Waals surface area contributed by atoms with Crippen LogP contribution in [0.15, 0.2) is 21.7 Å². The largest absolute Gasteiger partial charge is 0.490 e. The van der Waals surface area contributed by atoms with Gasteiger partial charge in [0.05, 0.1) is 30.5 Å². The minimum atomic E-state index is -0.592. The molecule has 0 radical (unpaired) electrons. The zero-order valence-corrected chi connectivity index (χ0v) is 14.6. The first-order chi connectivity index (χ1) is 10.6. The number of benzene rings is 1. The van der Waals surface area contributed by atoms with Gasteiger partial charge in [-0.25, -0.2) is 10.2 Å². The highest BCUT2D eigenvalue weighted by molar-refractivity contribution is 9.10. The Bertz CT molecular complexity index is 521. The fourth-order valence-corrected chi connectivity index (χ4v) is 2.17. The fraction of sp³-hybridized carbons (Fsp3) is 0.467. The van der Waals surface area contributed by atoms with E-state index in [-0.39, 0.29) is 0 Å². The SMILES string of the molecule is CCCOc1c(Br)cc(/C=N\NC(=O)OCC)cc1OCC. The lowest BCUT2D eigenvalue weighted by Gasteiger charge is -2.14. The topological polar surface area (TPSA) is 69.2 Å². The van der Waals surface area contributed by atoms with Crippen molar-refractivity contribution in [1.82, 2.24) is 5.43 Å². The second-order valence-electron chi connectivity index (χ2n) is 4.20. The molecule has 0 bridgehead atoms. The molecule has 0 aliphatic rings. The van der Waals surface area contributed by atoms with Crippen LogP contribution in [0.3, 0.4) is 0 Å². The molecule has 1 N–H and O–H groups in total. The molecule has 1 aromatic rings. The van der Waals surface area contributed by atoms with Crippen LogP contribution in [0.5, 0.6) is 11.5 Å². The molecule has 0 fully saturated rings. The number of halogens is 1. The molecule has 0 aliphatic carbocycles. The lowest BCUT2D eigenvalue weighted by atomic mass is 10.2. The number of rotatable bonds is 8. The molecule has 1 aromatic carbocycles. The van der Waals surface area contributed by atoms with E-state index < -0.39 is 6.09 Å². The van der Waals surface area contributed by atoms with Gasteiger partial charge >= 0.3 is 6.09 Å². The van der Waals surface area contributed by atoms with Gasteiger partial charge in [0.2, 0.25) is 0 Å². The quantitative estimate of drug-likeness (QED) is 0.557. The smallest absolute Gasteiger partial charge is 0.427 e. The molecular weight excluding hydrogens is 352 g/mol. The van der Waals surface area contributed by atoms with E-state index >= 15 is 0 Å². The van der Waals surface area contributed by atoms with Crippen LogP contribution in [-0.2, 0) is 4.74 Å². The molecule has 0 unspecified atom stereocenters. The summed E-state index contributed by atoms with van der Waals surface area (Å²) in [7, 11) is 0. The number of nitrogens with zero attached hydrogens (tertiary/aromatic N) is 1. The van der Waals surface area contributed by atoms with E-state index in [2.05, 4.69) is 26.5 Å². The molecule has 0 saturated carbocycles. The van der Waals surface area contributed by atoms with Crippen LogP contribution in [0, 0.1) is 0 Å². The van der Waals surface area contributed by atoms with Gasteiger partial charge in [-0.2, -0.15) is 5.10 Å². The number of amides is 1. The van der Waals surface area contributed by atoms with Crippen molar-refractivity contribution in [3.05, 3.63) is 22.2 Å². The number of hydrogen-bond acceptors (Lipinski definition) is 5. The van der Waals surface area contributed by atoms with E-state index in [1.165, 1.54) is 6.21 Å². The van der Waals surface area contributed by atoms with Gasteiger partial charge in [0.25, 0.3) is 0 Å². The van der Waals surface area contributed by atoms with Crippen LogP contribution < -0.4 is 14.9 Å². The van der Waals surface area contributed by atoms with Gasteiger partial charge in [0.15, 0.2) is 11.5 Å². The lowest BCUT2D eigenvalue weighted by Crippen LogP contribution is -2.18. The number of carbonyl (C=O) groups excluding carboxylic acids is 1. The molecule has 1 amide bonds. The zero-order chi connectivity index (χ0) is 16.4. The van der Waals surface area contributed by atoms with Crippen molar-refractivity contribution in [1.29, 1.82) is 0 Å². The molecule has 6 nitrogen and oxygen atoms in total. The monoisotopic (exact) mass is 372 g/mol. The molecule has 22 heavy (non-hydrogen) atoms. The third kappa shape index (κ3) is 5.93. The van der Waals surface area contributed by atoms with Crippen molar-refractivity contribution in [2.24, 2.45) is 5.10 Å². The number of carbonyl (C=O) groups is 1. The van der Waals surface area contributed by atoms with E-state index in [0.29, 0.717) is 31.3 Å². The van der Waals surface area contributed by atoms with E-state index in [4.69, 9.17) is 14.2 Å². The van der Waals surface area contributed by atoms with Crippen molar-refractivity contribution in [2.75, 3.05) is 19.8 Å². The predicted octanol–water partition coefficient (Wildman–Crippen LogP) is 3.72. The molecule has 0 spiro atoms. The number of nitrogens with one attached hydrogen (secondary N) is 1. The van der Waals surface area contributed by atoms with Crippen molar-refractivity contribution in [3.63, 3.8) is 0 Å². The van der Waals surface area contributed by atoms with E-state index in [1.54, 1.807) is 13.0 Å². The summed E-state index contributed by atoms with van der Waals surface area (Å²) in [6, 6.07) is 3.64. The summed E-state index contributed by atoms with van der Waals surface area (Å²) in [5, 5.41) is 3.83. The third-order valence-corrected chi connectivity index (χ3v) is 3.02. The van der Waals surface area contributed by atoms with E-state index in [1.807, 2.05) is 19.9 Å². The van der Waals surface area contributed by atoms with E-state index in [0.717, 1.165) is 16.5 Å². The number of ether oxygens (including phenoxy) is 3. The van der Waals surface area contributed by atoms with Gasteiger partial charge in [-0.15, -0.1) is 0 Å². The minimum Gasteiger partial charge on any atom is -0.490 e. The summed E-state index contributed by atoms with van der Waals surface area (Å²) in [4.78, 5) is 11.1. The van der Waals surface area contributed by atoms with Gasteiger partial charge in [0, 0.05) is 0 Å². The van der Waals surface area contributed by atoms with Crippen molar-refractivity contribution in [3.8, 4) is 11.5 Å². The second-order valence-corrected chi connectivity index (χ2v) is 5.06. The standard InChI is InChI=1S/C15H21BrN2O4/c1-4-7-22-14-12(16)8-11(9-13(14)20-5-2)10-17-18-15(19)21-6-3/h8-10H,4-7H2,1-3H3,(H,18,19)/b17-10-. The third-order valence-electron chi connectivity index (χ3n) is 2.43. The van der Waals surface area contributed by atoms with E-state index in [9.17, 15) is 4.79 Å². The first-order valence-corrected chi connectivity index (χ1v) is 7.96. The first-order valence-electron chi connectivity index (χ1n) is 7.17. The Kier molecular flexibility index (Phi) is 8.35. The Balaban J connectivity index is 2.88. The highest BCUT2D eigenvalue weighted by atomic mass is 79.9. The first kappa shape index (κ1) is 18.3. The Morgan fingerprint density at radius 1 is 1.27 bits per heavy atom.